The molecule has 15 aromatic rings. The normalized spacial score (nSPS) is 11.5. The highest BCUT2D eigenvalue weighted by atomic mass is 14.9. The highest BCUT2D eigenvalue weighted by Crippen LogP contribution is 2.31. The first-order valence-corrected chi connectivity index (χ1v) is 33.2. The molecule has 10 aromatic carbocycles. The molecule has 5 heterocycles. The summed E-state index contributed by atoms with van der Waals surface area (Å²) in [7, 11) is 10.5. The van der Waals surface area contributed by atoms with E-state index < -0.39 is 6.85 Å². The average molecular weight is 1260 g/mol. The van der Waals surface area contributed by atoms with Gasteiger partial charge >= 0.3 is 0 Å². The molecule has 5 aromatic heterocycles. The molecule has 96 heavy (non-hydrogen) atoms. The minimum absolute atomic E-state index is 0.386. The Morgan fingerprint density at radius 1 is 0.208 bits per heavy atom. The number of hydrogen-bond acceptors (Lipinski definition) is 0. The van der Waals surface area contributed by atoms with E-state index in [4.69, 9.17) is 4.11 Å². The molecule has 0 aliphatic carbocycles. The van der Waals surface area contributed by atoms with E-state index in [0.29, 0.717) is 5.56 Å². The van der Waals surface area contributed by atoms with Crippen LogP contribution in [0.4, 0.5) is 0 Å². The molecule has 0 spiro atoms. The van der Waals surface area contributed by atoms with Gasteiger partial charge in [0.05, 0.1) is 0 Å². The van der Waals surface area contributed by atoms with Crippen molar-refractivity contribution in [2.45, 2.75) is 76.1 Å². The molecule has 0 fully saturated rings. The third-order valence-electron chi connectivity index (χ3n) is 18.8. The number of aromatic nitrogens is 5. The SMILES string of the molecule is Cc1cc(C)c(C)c(-c2cc3ccccc3c[n+]2C)c1.Cc1cc(C)c(C)c(-c2cc3ccccc3c[n+]2C)c1.Cc1ccc(-c2cc3ccccc3c[n+]2C)c(C)c1.Cc1ccccc1-c1cc2ccccc2c[n+]1C.[2H]C([2H])([2H])c1ccc(-c2cc3ccccc3c[n+]2C)c(C)c1. The quantitative estimate of drug-likeness (QED) is 0.153. The molecule has 0 atom stereocenters. The predicted molar refractivity (Wildman–Crippen MR) is 405 cm³/mol. The van der Waals surface area contributed by atoms with Crippen LogP contribution in [0.5, 0.6) is 0 Å². The van der Waals surface area contributed by atoms with Gasteiger partial charge in [-0.1, -0.05) is 168 Å². The zero-order chi connectivity index (χ0) is 70.4. The Labute approximate surface area is 574 Å². The summed E-state index contributed by atoms with van der Waals surface area (Å²) in [6.45, 7) is 19.5. The van der Waals surface area contributed by atoms with E-state index in [1.165, 1.54) is 149 Å². The van der Waals surface area contributed by atoms with Crippen molar-refractivity contribution in [3.8, 4) is 56.3 Å². The van der Waals surface area contributed by atoms with E-state index in [2.05, 4.69) is 351 Å². The van der Waals surface area contributed by atoms with Gasteiger partial charge in [-0.25, -0.2) is 22.8 Å². The van der Waals surface area contributed by atoms with Gasteiger partial charge < -0.3 is 0 Å². The lowest BCUT2D eigenvalue weighted by atomic mass is 9.96. The molecule has 0 N–H and O–H groups in total. The Kier molecular flexibility index (Phi) is 19.1. The maximum Gasteiger partial charge on any atom is 0.213 e. The van der Waals surface area contributed by atoms with Crippen LogP contribution in [-0.4, -0.2) is 0 Å². The van der Waals surface area contributed by atoms with Gasteiger partial charge in [0.2, 0.25) is 28.5 Å². The van der Waals surface area contributed by atoms with Crippen LogP contribution in [0.1, 0.15) is 65.3 Å². The van der Waals surface area contributed by atoms with Gasteiger partial charge in [-0.2, -0.15) is 0 Å². The number of hydrogen-bond donors (Lipinski definition) is 0. The molecule has 0 saturated heterocycles. The summed E-state index contributed by atoms with van der Waals surface area (Å²) in [5.74, 6) is 0. The van der Waals surface area contributed by atoms with Gasteiger partial charge in [-0.3, -0.25) is 0 Å². The fourth-order valence-electron chi connectivity index (χ4n) is 13.3. The van der Waals surface area contributed by atoms with Gasteiger partial charge in [0, 0.05) is 89.2 Å². The van der Waals surface area contributed by atoms with Crippen LogP contribution in [-0.2, 0) is 35.2 Å². The van der Waals surface area contributed by atoms with Crippen LogP contribution in [0.3, 0.4) is 0 Å². The van der Waals surface area contributed by atoms with Crippen molar-refractivity contribution in [3.63, 3.8) is 0 Å². The number of benzene rings is 10. The highest BCUT2D eigenvalue weighted by Gasteiger charge is 2.20. The fraction of sp³-hybridized carbons (Fsp3) is 0.176. The van der Waals surface area contributed by atoms with Gasteiger partial charge in [0.25, 0.3) is 0 Å². The maximum atomic E-state index is 7.52. The topological polar surface area (TPSA) is 19.4 Å². The first kappa shape index (κ1) is 62.7. The Hall–Kier alpha value is -10.8. The molecule has 15 rings (SSSR count). The van der Waals surface area contributed by atoms with Crippen molar-refractivity contribution in [2.24, 2.45) is 35.2 Å². The largest absolute Gasteiger partial charge is 0.213 e. The Morgan fingerprint density at radius 2 is 0.458 bits per heavy atom. The van der Waals surface area contributed by atoms with Crippen LogP contribution in [0, 0.1) is 76.1 Å². The summed E-state index contributed by atoms with van der Waals surface area (Å²) in [4.78, 5) is 0. The summed E-state index contributed by atoms with van der Waals surface area (Å²) in [6.07, 6.45) is 10.9. The second-order valence-electron chi connectivity index (χ2n) is 26.2. The zero-order valence-corrected chi connectivity index (χ0v) is 58.6. The molecule has 0 aliphatic heterocycles. The highest BCUT2D eigenvalue weighted by molar-refractivity contribution is 5.88. The maximum absolute atomic E-state index is 7.52. The van der Waals surface area contributed by atoms with E-state index in [9.17, 15) is 0 Å². The van der Waals surface area contributed by atoms with Crippen LogP contribution >= 0.6 is 0 Å². The number of pyridine rings is 5. The number of rotatable bonds is 5. The summed E-state index contributed by atoms with van der Waals surface area (Å²) < 4.78 is 33.5. The van der Waals surface area contributed by atoms with E-state index in [-0.39, 0.29) is 0 Å². The molecule has 476 valence electrons. The van der Waals surface area contributed by atoms with E-state index >= 15 is 0 Å². The monoisotopic (exact) mass is 1260 g/mol. The molecular weight excluding hydrogens is 1160 g/mol. The first-order chi connectivity index (χ1) is 47.4. The molecule has 0 aliphatic rings. The summed E-state index contributed by atoms with van der Waals surface area (Å²) in [6, 6.07) is 83.1. The summed E-state index contributed by atoms with van der Waals surface area (Å²) >= 11 is 0. The van der Waals surface area contributed by atoms with Gasteiger partial charge in [-0.05, 0) is 203 Å². The van der Waals surface area contributed by atoms with E-state index in [1.54, 1.807) is 12.1 Å². The standard InChI is InChI=1S/2C19H20N.2C18H18N.C17H16N/c2*1-13-9-14(2)15(3)18(10-13)19-11-16-7-5-6-8-17(16)12-20(19)4;2*1-13-8-9-17(14(2)10-13)18-11-15-6-4-5-7-16(15)12-19(18)3;1-13-7-3-6-10-16(13)17-11-14-8-4-5-9-15(14)12-18(17)2/h2*5-12H,1-4H3;2*4-12H,1-3H3;3-12H,1-2H3/q5*+1/i;;1D3;;. The molecular formula is C91H92N5+5. The van der Waals surface area contributed by atoms with Gasteiger partial charge in [0.1, 0.15) is 35.2 Å². The summed E-state index contributed by atoms with van der Waals surface area (Å²) in [5, 5.41) is 12.6. The molecule has 0 amide bonds. The van der Waals surface area contributed by atoms with E-state index in [1.807, 2.05) is 32.2 Å². The van der Waals surface area contributed by atoms with Crippen LogP contribution in [0.2, 0.25) is 0 Å². The minimum Gasteiger partial charge on any atom is -0.200 e. The van der Waals surface area contributed by atoms with Crippen molar-refractivity contribution in [3.05, 3.63) is 329 Å². The van der Waals surface area contributed by atoms with Crippen LogP contribution in [0.25, 0.3) is 110 Å². The average Bonchev–Trinajstić information content (AvgIpc) is 0.816. The lowest BCUT2D eigenvalue weighted by Crippen LogP contribution is -2.30. The molecule has 5 nitrogen and oxygen atoms in total. The predicted octanol–water partition coefficient (Wildman–Crippen LogP) is 20.0. The second-order valence-corrected chi connectivity index (χ2v) is 26.2. The number of fused-ring (bicyclic) bond motifs is 5. The number of aryl methyl sites for hydroxylation is 14. The van der Waals surface area contributed by atoms with Gasteiger partial charge in [-0.15, -0.1) is 0 Å². The second kappa shape index (κ2) is 29.3. The fourth-order valence-corrected chi connectivity index (χ4v) is 13.3. The minimum atomic E-state index is -2.06. The molecule has 0 radical (unpaired) electrons. The van der Waals surface area contributed by atoms with Crippen molar-refractivity contribution >= 4 is 53.9 Å². The van der Waals surface area contributed by atoms with Crippen molar-refractivity contribution in [1.82, 2.24) is 0 Å². The Morgan fingerprint density at radius 3 is 0.760 bits per heavy atom. The molecule has 0 saturated carbocycles. The third-order valence-corrected chi connectivity index (χ3v) is 18.8. The smallest absolute Gasteiger partial charge is 0.200 e. The first-order valence-electron chi connectivity index (χ1n) is 34.7. The van der Waals surface area contributed by atoms with E-state index in [0.717, 1.165) is 16.8 Å². The zero-order valence-electron chi connectivity index (χ0n) is 61.6. The summed E-state index contributed by atoms with van der Waals surface area (Å²) in [5.41, 5.74) is 25.8. The van der Waals surface area contributed by atoms with Crippen molar-refractivity contribution < 1.29 is 26.9 Å². The van der Waals surface area contributed by atoms with Crippen LogP contribution < -0.4 is 22.8 Å². The molecule has 0 bridgehead atoms. The Bertz CT molecular complexity index is 5370. The lowest BCUT2D eigenvalue weighted by molar-refractivity contribution is -0.659. The number of nitrogens with zero attached hydrogens (tertiary/aromatic N) is 5. The Balaban J connectivity index is 0.000000125. The van der Waals surface area contributed by atoms with Crippen molar-refractivity contribution in [2.75, 3.05) is 0 Å². The van der Waals surface area contributed by atoms with Crippen LogP contribution in [0.15, 0.2) is 268 Å². The van der Waals surface area contributed by atoms with Gasteiger partial charge in [0.15, 0.2) is 31.0 Å². The lowest BCUT2D eigenvalue weighted by Gasteiger charge is -2.10. The molecule has 5 heteroatoms. The molecule has 0 unspecified atom stereocenters. The van der Waals surface area contributed by atoms with Crippen molar-refractivity contribution in [1.29, 1.82) is 0 Å². The third kappa shape index (κ3) is 15.1.